The molecule has 13 aromatic rings. The highest BCUT2D eigenvalue weighted by Gasteiger charge is 2.38. The second-order valence-electron chi connectivity index (χ2n) is 18.6. The van der Waals surface area contributed by atoms with Gasteiger partial charge in [-0.1, -0.05) is 214 Å². The first-order valence-electron chi connectivity index (χ1n) is 23.1. The van der Waals surface area contributed by atoms with Crippen LogP contribution >= 0.6 is 0 Å². The average molecular weight is 839 g/mol. The van der Waals surface area contributed by atoms with Crippen LogP contribution in [0.4, 0.5) is 0 Å². The Bertz CT molecular complexity index is 4140. The fourth-order valence-corrected chi connectivity index (χ4v) is 11.9. The summed E-state index contributed by atoms with van der Waals surface area (Å²) in [7, 11) is 0. The third-order valence-corrected chi connectivity index (χ3v) is 14.8. The summed E-state index contributed by atoms with van der Waals surface area (Å²) in [5.41, 5.74) is 16.8. The van der Waals surface area contributed by atoms with Crippen molar-refractivity contribution in [3.63, 3.8) is 0 Å². The van der Waals surface area contributed by atoms with Gasteiger partial charge in [0.25, 0.3) is 0 Å². The van der Waals surface area contributed by atoms with Gasteiger partial charge < -0.3 is 4.42 Å². The van der Waals surface area contributed by atoms with Crippen molar-refractivity contribution in [2.75, 3.05) is 0 Å². The minimum absolute atomic E-state index is 0.182. The molecule has 1 nitrogen and oxygen atoms in total. The van der Waals surface area contributed by atoms with E-state index in [1.165, 1.54) is 121 Å². The van der Waals surface area contributed by atoms with Gasteiger partial charge >= 0.3 is 0 Å². The lowest BCUT2D eigenvalue weighted by Crippen LogP contribution is -2.15. The van der Waals surface area contributed by atoms with E-state index in [-0.39, 0.29) is 5.41 Å². The van der Waals surface area contributed by atoms with E-state index in [4.69, 9.17) is 4.42 Å². The van der Waals surface area contributed by atoms with E-state index in [2.05, 4.69) is 232 Å². The summed E-state index contributed by atoms with van der Waals surface area (Å²) in [5.74, 6) is 0. The smallest absolute Gasteiger partial charge is 0.143 e. The fourth-order valence-electron chi connectivity index (χ4n) is 11.9. The molecule has 0 unspecified atom stereocenters. The maximum absolute atomic E-state index is 7.10. The van der Waals surface area contributed by atoms with Gasteiger partial charge in [-0.25, -0.2) is 0 Å². The first kappa shape index (κ1) is 37.1. The molecule has 0 radical (unpaired) electrons. The monoisotopic (exact) mass is 838 g/mol. The molecule has 66 heavy (non-hydrogen) atoms. The molecule has 1 aliphatic rings. The fraction of sp³-hybridized carbons (Fsp3) is 0.0462. The van der Waals surface area contributed by atoms with E-state index >= 15 is 0 Å². The van der Waals surface area contributed by atoms with Crippen LogP contribution < -0.4 is 0 Å². The molecule has 0 aliphatic heterocycles. The lowest BCUT2D eigenvalue weighted by atomic mass is 9.81. The Hall–Kier alpha value is -8.26. The van der Waals surface area contributed by atoms with E-state index in [0.717, 1.165) is 21.9 Å². The van der Waals surface area contributed by atoms with Gasteiger partial charge in [0, 0.05) is 27.1 Å². The molecule has 14 rings (SSSR count). The third kappa shape index (κ3) is 5.17. The predicted molar refractivity (Wildman–Crippen MR) is 281 cm³/mol. The molecule has 0 amide bonds. The van der Waals surface area contributed by atoms with Gasteiger partial charge in [0.15, 0.2) is 0 Å². The van der Waals surface area contributed by atoms with E-state index in [9.17, 15) is 0 Å². The topological polar surface area (TPSA) is 13.1 Å². The molecule has 1 aromatic heterocycles. The third-order valence-electron chi connectivity index (χ3n) is 14.8. The van der Waals surface area contributed by atoms with Gasteiger partial charge in [-0.2, -0.15) is 0 Å². The molecule has 1 heterocycles. The zero-order valence-electron chi connectivity index (χ0n) is 36.7. The number of hydrogen-bond acceptors (Lipinski definition) is 1. The van der Waals surface area contributed by atoms with Crippen LogP contribution in [0.3, 0.4) is 0 Å². The second-order valence-corrected chi connectivity index (χ2v) is 18.6. The molecular formula is C65H42O. The number of fused-ring (bicyclic) bond motifs is 13. The Morgan fingerprint density at radius 3 is 1.53 bits per heavy atom. The summed E-state index contributed by atoms with van der Waals surface area (Å²) in [6, 6.07) is 80.9. The first-order valence-corrected chi connectivity index (χ1v) is 23.1. The van der Waals surface area contributed by atoms with Crippen molar-refractivity contribution >= 4 is 75.8 Å². The molecule has 0 fully saturated rings. The highest BCUT2D eigenvalue weighted by molar-refractivity contribution is 6.26. The van der Waals surface area contributed by atoms with Crippen molar-refractivity contribution in [3.05, 3.63) is 230 Å². The largest absolute Gasteiger partial charge is 0.455 e. The molecule has 308 valence electrons. The Morgan fingerprint density at radius 1 is 0.288 bits per heavy atom. The van der Waals surface area contributed by atoms with Gasteiger partial charge in [0.05, 0.1) is 0 Å². The summed E-state index contributed by atoms with van der Waals surface area (Å²) < 4.78 is 7.10. The maximum atomic E-state index is 7.10. The van der Waals surface area contributed by atoms with Crippen LogP contribution in [0.5, 0.6) is 0 Å². The van der Waals surface area contributed by atoms with Crippen LogP contribution in [0.25, 0.3) is 131 Å². The molecular weight excluding hydrogens is 797 g/mol. The van der Waals surface area contributed by atoms with Crippen LogP contribution in [-0.2, 0) is 5.41 Å². The van der Waals surface area contributed by atoms with Crippen molar-refractivity contribution in [2.24, 2.45) is 0 Å². The Labute approximate surface area is 382 Å². The Kier molecular flexibility index (Phi) is 7.81. The number of hydrogen-bond donors (Lipinski definition) is 0. The Balaban J connectivity index is 0.988. The van der Waals surface area contributed by atoms with Crippen LogP contribution in [-0.4, -0.2) is 0 Å². The minimum Gasteiger partial charge on any atom is -0.455 e. The van der Waals surface area contributed by atoms with Crippen LogP contribution in [0.2, 0.25) is 0 Å². The molecule has 0 saturated carbocycles. The molecule has 0 saturated heterocycles. The average Bonchev–Trinajstić information content (AvgIpc) is 3.86. The normalized spacial score (nSPS) is 13.1. The molecule has 1 aliphatic carbocycles. The van der Waals surface area contributed by atoms with E-state index in [0.29, 0.717) is 0 Å². The SMILES string of the molecule is CC1(C)c2ccccc2-c2ccc3c(oc4c5ccccc5c(-c5ccc(-c6c7ccccc7c(-c7cccc(-c8cccc9ccccc89)c7)c7ccccc67)c6ccccc56)cc34)c21. The molecule has 12 aromatic carbocycles. The summed E-state index contributed by atoms with van der Waals surface area (Å²) in [6.07, 6.45) is 0. The van der Waals surface area contributed by atoms with E-state index < -0.39 is 0 Å². The van der Waals surface area contributed by atoms with Gasteiger partial charge in [0.1, 0.15) is 11.2 Å². The molecule has 0 spiro atoms. The van der Waals surface area contributed by atoms with Crippen LogP contribution in [0.15, 0.2) is 223 Å². The van der Waals surface area contributed by atoms with Gasteiger partial charge in [-0.15, -0.1) is 0 Å². The number of benzene rings is 12. The standard InChI is InChI=1S/C65H42O/c1-65(2)59-32-14-13-25-48(59)54-35-36-56-58-38-57(46-24-7-12-30-55(46)63(58)66-64(56)62(54)65)47-33-34-53(45-23-6-5-22-44(45)47)61-51-28-10-8-26-49(51)60(50-27-9-11-29-52(50)61)41-20-15-19-40(37-41)43-31-16-18-39-17-3-4-21-42(39)43/h3-38H,1-2H3. The molecule has 0 atom stereocenters. The zero-order chi connectivity index (χ0) is 43.7. The zero-order valence-corrected chi connectivity index (χ0v) is 36.7. The Morgan fingerprint density at radius 2 is 0.788 bits per heavy atom. The summed E-state index contributed by atoms with van der Waals surface area (Å²) >= 11 is 0. The molecule has 0 bridgehead atoms. The van der Waals surface area contributed by atoms with Gasteiger partial charge in [-0.05, 0) is 128 Å². The predicted octanol–water partition coefficient (Wildman–Crippen LogP) is 18.3. The molecule has 0 N–H and O–H groups in total. The second kappa shape index (κ2) is 13.9. The minimum atomic E-state index is -0.182. The number of furan rings is 1. The van der Waals surface area contributed by atoms with E-state index in [1.54, 1.807) is 0 Å². The van der Waals surface area contributed by atoms with Crippen LogP contribution in [0.1, 0.15) is 25.0 Å². The maximum Gasteiger partial charge on any atom is 0.143 e. The highest BCUT2D eigenvalue weighted by Crippen LogP contribution is 2.54. The summed E-state index contributed by atoms with van der Waals surface area (Å²) in [4.78, 5) is 0. The van der Waals surface area contributed by atoms with Crippen molar-refractivity contribution in [2.45, 2.75) is 19.3 Å². The van der Waals surface area contributed by atoms with Crippen molar-refractivity contribution < 1.29 is 4.42 Å². The summed E-state index contributed by atoms with van der Waals surface area (Å²) in [6.45, 7) is 4.68. The number of rotatable bonds is 4. The van der Waals surface area contributed by atoms with Crippen molar-refractivity contribution in [3.8, 4) is 55.6 Å². The highest BCUT2D eigenvalue weighted by atomic mass is 16.3. The quantitative estimate of drug-likeness (QED) is 0.161. The van der Waals surface area contributed by atoms with Crippen molar-refractivity contribution in [1.29, 1.82) is 0 Å². The summed E-state index contributed by atoms with van der Waals surface area (Å²) in [5, 5.41) is 14.6. The van der Waals surface area contributed by atoms with Crippen LogP contribution in [0, 0.1) is 0 Å². The lowest BCUT2D eigenvalue weighted by molar-refractivity contribution is 0.621. The van der Waals surface area contributed by atoms with E-state index in [1.807, 2.05) is 0 Å². The first-order chi connectivity index (χ1) is 32.5. The van der Waals surface area contributed by atoms with Gasteiger partial charge in [0.2, 0.25) is 0 Å². The van der Waals surface area contributed by atoms with Gasteiger partial charge in [-0.3, -0.25) is 0 Å². The van der Waals surface area contributed by atoms with Crippen molar-refractivity contribution in [1.82, 2.24) is 0 Å². The molecule has 1 heteroatoms. The lowest BCUT2D eigenvalue weighted by Gasteiger charge is -2.21.